The first-order valence-electron chi connectivity index (χ1n) is 13.3. The average molecular weight is 573 g/mol. The monoisotopic (exact) mass is 572 g/mol. The first-order valence-corrected chi connectivity index (χ1v) is 13.3. The largest absolute Gasteiger partial charge is 0.460 e. The lowest BCUT2D eigenvalue weighted by atomic mass is 9.80. The smallest absolute Gasteiger partial charge is 0.337 e. The SMILES string of the molecule is COCCOC(=O)C1=C(C)NC(C)=C(C(=O)OC/C=C/c2ccc(Cc3ncc[nH]3)cc2)C1c1cccc([N+](=O)[O-])c1. The maximum absolute atomic E-state index is 13.5. The third-order valence-corrected chi connectivity index (χ3v) is 6.66. The zero-order valence-electron chi connectivity index (χ0n) is 23.6. The Bertz CT molecular complexity index is 1520. The Labute approximate surface area is 243 Å². The Morgan fingerprint density at radius 3 is 2.38 bits per heavy atom. The van der Waals surface area contributed by atoms with Gasteiger partial charge in [0.25, 0.3) is 5.69 Å². The van der Waals surface area contributed by atoms with Crippen molar-refractivity contribution in [2.45, 2.75) is 26.2 Å². The molecule has 1 aliphatic heterocycles. The van der Waals surface area contributed by atoms with Crippen molar-refractivity contribution in [3.63, 3.8) is 0 Å². The van der Waals surface area contributed by atoms with Gasteiger partial charge >= 0.3 is 11.9 Å². The second-order valence-electron chi connectivity index (χ2n) is 9.57. The van der Waals surface area contributed by atoms with Gasteiger partial charge in [0.05, 0.1) is 28.6 Å². The van der Waals surface area contributed by atoms with Crippen LogP contribution in [0.25, 0.3) is 6.08 Å². The second kappa shape index (κ2) is 14.0. The number of allylic oxidation sites excluding steroid dienone is 2. The Morgan fingerprint density at radius 2 is 1.74 bits per heavy atom. The number of imidazole rings is 1. The van der Waals surface area contributed by atoms with Crippen LogP contribution in [0.5, 0.6) is 0 Å². The quantitative estimate of drug-likeness (QED) is 0.138. The summed E-state index contributed by atoms with van der Waals surface area (Å²) in [6.07, 6.45) is 7.75. The summed E-state index contributed by atoms with van der Waals surface area (Å²) in [7, 11) is 1.48. The third kappa shape index (κ3) is 7.38. The van der Waals surface area contributed by atoms with Crippen molar-refractivity contribution in [2.75, 3.05) is 26.9 Å². The maximum Gasteiger partial charge on any atom is 0.337 e. The number of hydrogen-bond donors (Lipinski definition) is 2. The average Bonchev–Trinajstić information content (AvgIpc) is 3.49. The number of aromatic amines is 1. The van der Waals surface area contributed by atoms with Crippen LogP contribution in [-0.2, 0) is 30.2 Å². The number of nitrogens with zero attached hydrogens (tertiary/aromatic N) is 2. The highest BCUT2D eigenvalue weighted by Gasteiger charge is 2.38. The summed E-state index contributed by atoms with van der Waals surface area (Å²) < 4.78 is 15.9. The number of esters is 2. The lowest BCUT2D eigenvalue weighted by Gasteiger charge is -2.30. The van der Waals surface area contributed by atoms with Gasteiger partial charge in [-0.2, -0.15) is 0 Å². The molecule has 0 saturated heterocycles. The number of methoxy groups -OCH3 is 1. The maximum atomic E-state index is 13.5. The summed E-state index contributed by atoms with van der Waals surface area (Å²) in [5.41, 5.74) is 3.52. The molecule has 0 aliphatic carbocycles. The number of nitro groups is 1. The van der Waals surface area contributed by atoms with Crippen molar-refractivity contribution in [3.8, 4) is 0 Å². The molecule has 0 radical (unpaired) electrons. The van der Waals surface area contributed by atoms with Crippen molar-refractivity contribution >= 4 is 23.7 Å². The van der Waals surface area contributed by atoms with E-state index in [0.29, 0.717) is 23.4 Å². The van der Waals surface area contributed by atoms with E-state index in [1.165, 1.54) is 25.3 Å². The second-order valence-corrected chi connectivity index (χ2v) is 9.57. The molecule has 2 heterocycles. The van der Waals surface area contributed by atoms with Crippen LogP contribution in [0, 0.1) is 10.1 Å². The highest BCUT2D eigenvalue weighted by Crippen LogP contribution is 2.40. The van der Waals surface area contributed by atoms with Gasteiger partial charge in [-0.1, -0.05) is 42.5 Å². The molecule has 4 rings (SSSR count). The zero-order valence-corrected chi connectivity index (χ0v) is 23.6. The van der Waals surface area contributed by atoms with Gasteiger partial charge in [-0.3, -0.25) is 10.1 Å². The molecule has 0 saturated carbocycles. The van der Waals surface area contributed by atoms with E-state index in [9.17, 15) is 19.7 Å². The van der Waals surface area contributed by atoms with E-state index in [0.717, 1.165) is 17.0 Å². The molecular formula is C31H32N4O7. The molecule has 0 spiro atoms. The molecule has 11 heteroatoms. The van der Waals surface area contributed by atoms with E-state index in [1.54, 1.807) is 38.4 Å². The van der Waals surface area contributed by atoms with E-state index in [-0.39, 0.29) is 36.7 Å². The van der Waals surface area contributed by atoms with E-state index in [2.05, 4.69) is 15.3 Å². The van der Waals surface area contributed by atoms with Crippen LogP contribution < -0.4 is 5.32 Å². The molecule has 0 fully saturated rings. The van der Waals surface area contributed by atoms with Crippen LogP contribution in [0.3, 0.4) is 0 Å². The lowest BCUT2D eigenvalue weighted by Crippen LogP contribution is -2.32. The predicted octanol–water partition coefficient (Wildman–Crippen LogP) is 4.59. The molecule has 3 aromatic rings. The number of non-ortho nitro benzene ring substituents is 1. The summed E-state index contributed by atoms with van der Waals surface area (Å²) in [5.74, 6) is -1.39. The number of carbonyl (C=O) groups excluding carboxylic acids is 2. The lowest BCUT2D eigenvalue weighted by molar-refractivity contribution is -0.384. The standard InChI is InChI=1S/C31H32N4O7/c1-20-27(30(36)41-15-5-6-22-9-11-23(12-10-22)18-26-32-13-14-33-26)29(24-7-4-8-25(19-24)35(38)39)28(21(2)34-20)31(37)42-17-16-40-3/h4-14,19,29,34H,15-18H2,1-3H3,(H,32,33)/b6-5+. The van der Waals surface area contributed by atoms with Crippen LogP contribution >= 0.6 is 0 Å². The predicted molar refractivity (Wildman–Crippen MR) is 155 cm³/mol. The van der Waals surface area contributed by atoms with Crippen LogP contribution in [0.4, 0.5) is 5.69 Å². The summed E-state index contributed by atoms with van der Waals surface area (Å²) in [6.45, 7) is 3.55. The van der Waals surface area contributed by atoms with Crippen molar-refractivity contribution in [1.82, 2.24) is 15.3 Å². The van der Waals surface area contributed by atoms with Crippen molar-refractivity contribution in [1.29, 1.82) is 0 Å². The summed E-state index contributed by atoms with van der Waals surface area (Å²) in [6, 6.07) is 13.8. The molecule has 0 amide bonds. The number of carbonyl (C=O) groups is 2. The van der Waals surface area contributed by atoms with Crippen LogP contribution in [0.15, 0.2) is 89.5 Å². The fourth-order valence-electron chi connectivity index (χ4n) is 4.70. The first kappa shape index (κ1) is 29.9. The molecule has 0 bridgehead atoms. The molecule has 1 aliphatic rings. The molecule has 2 N–H and O–H groups in total. The highest BCUT2D eigenvalue weighted by atomic mass is 16.6. The summed E-state index contributed by atoms with van der Waals surface area (Å²) in [5, 5.41) is 14.6. The first-order chi connectivity index (χ1) is 20.3. The van der Waals surface area contributed by atoms with Crippen molar-refractivity contribution < 1.29 is 28.7 Å². The van der Waals surface area contributed by atoms with Gasteiger partial charge in [0.1, 0.15) is 19.0 Å². The Balaban J connectivity index is 1.52. The van der Waals surface area contributed by atoms with E-state index >= 15 is 0 Å². The number of nitrogens with one attached hydrogen (secondary N) is 2. The fourth-order valence-corrected chi connectivity index (χ4v) is 4.70. The van der Waals surface area contributed by atoms with Crippen molar-refractivity contribution in [3.05, 3.63) is 122 Å². The Kier molecular flexibility index (Phi) is 10.0. The van der Waals surface area contributed by atoms with E-state index in [1.807, 2.05) is 30.3 Å². The van der Waals surface area contributed by atoms with Crippen LogP contribution in [0.1, 0.15) is 42.3 Å². The zero-order chi connectivity index (χ0) is 30.1. The van der Waals surface area contributed by atoms with Gasteiger partial charge in [-0.15, -0.1) is 0 Å². The van der Waals surface area contributed by atoms with Gasteiger partial charge in [0, 0.05) is 49.5 Å². The van der Waals surface area contributed by atoms with Gasteiger partial charge in [0.2, 0.25) is 0 Å². The van der Waals surface area contributed by atoms with Crippen LogP contribution in [-0.4, -0.2) is 53.8 Å². The fraction of sp³-hybridized carbons (Fsp3) is 0.258. The summed E-state index contributed by atoms with van der Waals surface area (Å²) >= 11 is 0. The summed E-state index contributed by atoms with van der Waals surface area (Å²) in [4.78, 5) is 45.0. The molecular weight excluding hydrogens is 540 g/mol. The normalized spacial score (nSPS) is 15.1. The Morgan fingerprint density at radius 1 is 1.02 bits per heavy atom. The van der Waals surface area contributed by atoms with Gasteiger partial charge < -0.3 is 24.5 Å². The third-order valence-electron chi connectivity index (χ3n) is 6.66. The number of H-pyrrole nitrogens is 1. The molecule has 42 heavy (non-hydrogen) atoms. The van der Waals surface area contributed by atoms with E-state index in [4.69, 9.17) is 14.2 Å². The minimum Gasteiger partial charge on any atom is -0.460 e. The van der Waals surface area contributed by atoms with Crippen molar-refractivity contribution in [2.24, 2.45) is 0 Å². The number of rotatable bonds is 12. The Hall–Kier alpha value is -5.03. The molecule has 1 unspecified atom stereocenters. The molecule has 2 aromatic carbocycles. The number of nitro benzene ring substituents is 1. The van der Waals surface area contributed by atoms with Crippen LogP contribution in [0.2, 0.25) is 0 Å². The topological polar surface area (TPSA) is 146 Å². The number of ether oxygens (including phenoxy) is 3. The van der Waals surface area contributed by atoms with E-state index < -0.39 is 22.8 Å². The number of hydrogen-bond acceptors (Lipinski definition) is 9. The number of benzene rings is 2. The number of aromatic nitrogens is 2. The van der Waals surface area contributed by atoms with Gasteiger partial charge in [0.15, 0.2) is 0 Å². The molecule has 218 valence electrons. The molecule has 1 aromatic heterocycles. The molecule has 11 nitrogen and oxygen atoms in total. The molecule has 1 atom stereocenters. The number of dihydropyridines is 1. The highest BCUT2D eigenvalue weighted by molar-refractivity contribution is 6.00. The minimum absolute atomic E-state index is 0.00483. The van der Waals surface area contributed by atoms with Gasteiger partial charge in [-0.25, -0.2) is 14.6 Å². The minimum atomic E-state index is -0.945. The van der Waals surface area contributed by atoms with Gasteiger partial charge in [-0.05, 0) is 36.6 Å².